The molecule has 0 aliphatic heterocycles. The number of nitrogens with one attached hydrogen (secondary N) is 1. The maximum absolute atomic E-state index is 11.6. The summed E-state index contributed by atoms with van der Waals surface area (Å²) < 4.78 is 5.18. The van der Waals surface area contributed by atoms with E-state index in [0.29, 0.717) is 6.61 Å². The van der Waals surface area contributed by atoms with E-state index in [1.165, 1.54) is 38.5 Å². The molecule has 0 unspecified atom stereocenters. The van der Waals surface area contributed by atoms with Crippen LogP contribution in [-0.2, 0) is 4.74 Å². The summed E-state index contributed by atoms with van der Waals surface area (Å²) in [5, 5.41) is 2.75. The van der Waals surface area contributed by atoms with E-state index < -0.39 is 0 Å². The van der Waals surface area contributed by atoms with E-state index in [9.17, 15) is 4.79 Å². The fraction of sp³-hybridized carbons (Fsp3) is 0.611. The van der Waals surface area contributed by atoms with Crippen molar-refractivity contribution >= 4 is 11.8 Å². The quantitative estimate of drug-likeness (QED) is 0.563. The SMILES string of the molecule is CCCCCCCCCCOC(=O)Nc1cccc(C)c1. The lowest BCUT2D eigenvalue weighted by Crippen LogP contribution is -2.14. The van der Waals surface area contributed by atoms with Crippen LogP contribution in [0.25, 0.3) is 0 Å². The van der Waals surface area contributed by atoms with Crippen LogP contribution in [0, 0.1) is 6.92 Å². The van der Waals surface area contributed by atoms with Gasteiger partial charge in [0.05, 0.1) is 6.61 Å². The van der Waals surface area contributed by atoms with Crippen LogP contribution < -0.4 is 5.32 Å². The van der Waals surface area contributed by atoms with Crippen LogP contribution in [0.1, 0.15) is 63.9 Å². The second kappa shape index (κ2) is 11.2. The number of carbonyl (C=O) groups is 1. The minimum atomic E-state index is -0.358. The van der Waals surface area contributed by atoms with Gasteiger partial charge in [0, 0.05) is 5.69 Å². The first-order valence-corrected chi connectivity index (χ1v) is 8.23. The highest BCUT2D eigenvalue weighted by molar-refractivity contribution is 5.84. The second-order valence-corrected chi connectivity index (χ2v) is 5.61. The molecule has 0 aromatic heterocycles. The van der Waals surface area contributed by atoms with Crippen molar-refractivity contribution in [1.82, 2.24) is 0 Å². The molecule has 3 heteroatoms. The first-order chi connectivity index (χ1) is 10.2. The Morgan fingerprint density at radius 2 is 1.71 bits per heavy atom. The van der Waals surface area contributed by atoms with Crippen molar-refractivity contribution in [3.63, 3.8) is 0 Å². The molecule has 1 aromatic carbocycles. The lowest BCUT2D eigenvalue weighted by atomic mass is 10.1. The summed E-state index contributed by atoms with van der Waals surface area (Å²) in [7, 11) is 0. The smallest absolute Gasteiger partial charge is 0.411 e. The summed E-state index contributed by atoms with van der Waals surface area (Å²) in [5.41, 5.74) is 1.91. The summed E-state index contributed by atoms with van der Waals surface area (Å²) in [6, 6.07) is 7.71. The predicted molar refractivity (Wildman–Crippen MR) is 88.8 cm³/mol. The van der Waals surface area contributed by atoms with E-state index in [0.717, 1.165) is 24.1 Å². The Kier molecular flexibility index (Phi) is 9.34. The Morgan fingerprint density at radius 3 is 2.38 bits per heavy atom. The topological polar surface area (TPSA) is 38.3 Å². The maximum Gasteiger partial charge on any atom is 0.411 e. The molecule has 0 spiro atoms. The molecule has 0 fully saturated rings. The largest absolute Gasteiger partial charge is 0.449 e. The van der Waals surface area contributed by atoms with Crippen molar-refractivity contribution < 1.29 is 9.53 Å². The number of benzene rings is 1. The van der Waals surface area contributed by atoms with Gasteiger partial charge in [-0.1, -0.05) is 64.0 Å². The predicted octanol–water partition coefficient (Wildman–Crippen LogP) is 5.68. The van der Waals surface area contributed by atoms with Gasteiger partial charge in [-0.15, -0.1) is 0 Å². The highest BCUT2D eigenvalue weighted by atomic mass is 16.5. The van der Waals surface area contributed by atoms with Gasteiger partial charge in [-0.25, -0.2) is 4.79 Å². The standard InChI is InChI=1S/C18H29NO2/c1-3-4-5-6-7-8-9-10-14-21-18(20)19-17-13-11-12-16(2)15-17/h11-13,15H,3-10,14H2,1-2H3,(H,19,20). The minimum Gasteiger partial charge on any atom is -0.449 e. The number of rotatable bonds is 10. The van der Waals surface area contributed by atoms with Crippen LogP contribution in [-0.4, -0.2) is 12.7 Å². The molecule has 0 radical (unpaired) electrons. The minimum absolute atomic E-state index is 0.358. The van der Waals surface area contributed by atoms with E-state index in [1.54, 1.807) is 0 Å². The van der Waals surface area contributed by atoms with E-state index in [-0.39, 0.29) is 6.09 Å². The summed E-state index contributed by atoms with van der Waals surface area (Å²) in [5.74, 6) is 0. The Labute approximate surface area is 129 Å². The molecule has 0 bridgehead atoms. The van der Waals surface area contributed by atoms with E-state index >= 15 is 0 Å². The van der Waals surface area contributed by atoms with Gasteiger partial charge in [0.25, 0.3) is 0 Å². The summed E-state index contributed by atoms with van der Waals surface area (Å²) >= 11 is 0. The zero-order valence-electron chi connectivity index (χ0n) is 13.5. The molecule has 0 saturated carbocycles. The lowest BCUT2D eigenvalue weighted by Gasteiger charge is -2.07. The average molecular weight is 291 g/mol. The first kappa shape index (κ1) is 17.5. The molecule has 1 rings (SSSR count). The number of hydrogen-bond donors (Lipinski definition) is 1. The van der Waals surface area contributed by atoms with Gasteiger partial charge in [-0.2, -0.15) is 0 Å². The average Bonchev–Trinajstić information content (AvgIpc) is 2.45. The number of carbonyl (C=O) groups excluding carboxylic acids is 1. The molecule has 0 saturated heterocycles. The van der Waals surface area contributed by atoms with Crippen LogP contribution in [0.5, 0.6) is 0 Å². The van der Waals surface area contributed by atoms with E-state index in [2.05, 4.69) is 12.2 Å². The Bertz CT molecular complexity index is 404. The number of ether oxygens (including phenoxy) is 1. The van der Waals surface area contributed by atoms with Gasteiger partial charge in [-0.05, 0) is 31.0 Å². The molecular formula is C18H29NO2. The Morgan fingerprint density at radius 1 is 1.05 bits per heavy atom. The third-order valence-electron chi connectivity index (χ3n) is 3.50. The molecule has 3 nitrogen and oxygen atoms in total. The fourth-order valence-corrected chi connectivity index (χ4v) is 2.28. The number of anilines is 1. The number of hydrogen-bond acceptors (Lipinski definition) is 2. The van der Waals surface area contributed by atoms with Crippen LogP contribution in [0.2, 0.25) is 0 Å². The molecule has 0 aliphatic rings. The highest BCUT2D eigenvalue weighted by Gasteiger charge is 2.02. The van der Waals surface area contributed by atoms with E-state index in [4.69, 9.17) is 4.74 Å². The summed E-state index contributed by atoms with van der Waals surface area (Å²) in [6.45, 7) is 4.74. The zero-order valence-corrected chi connectivity index (χ0v) is 13.5. The summed E-state index contributed by atoms with van der Waals surface area (Å²) in [6.07, 6.45) is 9.62. The van der Waals surface area contributed by atoms with Gasteiger partial charge < -0.3 is 4.74 Å². The van der Waals surface area contributed by atoms with Crippen molar-refractivity contribution in [2.75, 3.05) is 11.9 Å². The molecule has 0 aliphatic carbocycles. The monoisotopic (exact) mass is 291 g/mol. The fourth-order valence-electron chi connectivity index (χ4n) is 2.28. The van der Waals surface area contributed by atoms with Gasteiger partial charge >= 0.3 is 6.09 Å². The molecule has 1 N–H and O–H groups in total. The van der Waals surface area contributed by atoms with Gasteiger partial charge in [0.15, 0.2) is 0 Å². The van der Waals surface area contributed by atoms with Crippen molar-refractivity contribution in [3.8, 4) is 0 Å². The second-order valence-electron chi connectivity index (χ2n) is 5.61. The van der Waals surface area contributed by atoms with Crippen molar-refractivity contribution in [2.45, 2.75) is 65.2 Å². The van der Waals surface area contributed by atoms with Gasteiger partial charge in [0.1, 0.15) is 0 Å². The van der Waals surface area contributed by atoms with Gasteiger partial charge in [-0.3, -0.25) is 5.32 Å². The third kappa shape index (κ3) is 9.11. The number of amides is 1. The normalized spacial score (nSPS) is 10.4. The Balaban J connectivity index is 1.99. The third-order valence-corrected chi connectivity index (χ3v) is 3.50. The molecule has 1 aromatic rings. The number of unbranched alkanes of at least 4 members (excludes halogenated alkanes) is 7. The van der Waals surface area contributed by atoms with Gasteiger partial charge in [0.2, 0.25) is 0 Å². The molecule has 1 amide bonds. The van der Waals surface area contributed by atoms with Crippen LogP contribution >= 0.6 is 0 Å². The number of aryl methyl sites for hydroxylation is 1. The zero-order chi connectivity index (χ0) is 15.3. The van der Waals surface area contributed by atoms with Crippen LogP contribution in [0.4, 0.5) is 10.5 Å². The maximum atomic E-state index is 11.6. The molecule has 21 heavy (non-hydrogen) atoms. The molecule has 118 valence electrons. The lowest BCUT2D eigenvalue weighted by molar-refractivity contribution is 0.159. The van der Waals surface area contributed by atoms with Crippen molar-refractivity contribution in [1.29, 1.82) is 0 Å². The Hall–Kier alpha value is -1.51. The molecule has 0 atom stereocenters. The highest BCUT2D eigenvalue weighted by Crippen LogP contribution is 2.10. The van der Waals surface area contributed by atoms with Crippen LogP contribution in [0.3, 0.4) is 0 Å². The molecule has 0 heterocycles. The van der Waals surface area contributed by atoms with Crippen molar-refractivity contribution in [3.05, 3.63) is 29.8 Å². The summed E-state index contributed by atoms with van der Waals surface area (Å²) in [4.78, 5) is 11.6. The van der Waals surface area contributed by atoms with Crippen molar-refractivity contribution in [2.24, 2.45) is 0 Å². The first-order valence-electron chi connectivity index (χ1n) is 8.23. The van der Waals surface area contributed by atoms with E-state index in [1.807, 2.05) is 31.2 Å². The molecular weight excluding hydrogens is 262 g/mol. The van der Waals surface area contributed by atoms with Crippen LogP contribution in [0.15, 0.2) is 24.3 Å².